The van der Waals surface area contributed by atoms with Gasteiger partial charge in [0, 0.05) is 6.92 Å². The molecule has 36 heavy (non-hydrogen) atoms. The minimum atomic E-state index is -1.85. The molecule has 16 heteroatoms. The van der Waals surface area contributed by atoms with Gasteiger partial charge in [-0.15, -0.1) is 0 Å². The van der Waals surface area contributed by atoms with Crippen LogP contribution in [0.2, 0.25) is 0 Å². The molecule has 3 heterocycles. The first-order valence-electron chi connectivity index (χ1n) is 11.4. The molecule has 0 aliphatic carbocycles. The van der Waals surface area contributed by atoms with E-state index in [9.17, 15) is 50.8 Å². The van der Waals surface area contributed by atoms with Crippen molar-refractivity contribution in [2.75, 3.05) is 13.2 Å². The number of nitrogens with one attached hydrogen (secondary N) is 1. The molecule has 210 valence electrons. The van der Waals surface area contributed by atoms with Crippen LogP contribution < -0.4 is 5.32 Å². The zero-order valence-electron chi connectivity index (χ0n) is 19.5. The number of rotatable bonds is 7. The molecule has 0 aromatic heterocycles. The normalized spacial score (nSPS) is 50.0. The second-order valence-electron chi connectivity index (χ2n) is 9.05. The maximum absolute atomic E-state index is 11.8. The Labute approximate surface area is 205 Å². The molecule has 0 saturated carbocycles. The third-order valence-corrected chi connectivity index (χ3v) is 6.45. The average molecular weight is 529 g/mol. The van der Waals surface area contributed by atoms with E-state index in [2.05, 4.69) is 5.32 Å². The summed E-state index contributed by atoms with van der Waals surface area (Å²) in [5.74, 6) is -0.640. The van der Waals surface area contributed by atoms with Crippen LogP contribution in [0.15, 0.2) is 0 Å². The van der Waals surface area contributed by atoms with E-state index in [0.717, 1.165) is 6.92 Å². The minimum absolute atomic E-state index is 0.640. The van der Waals surface area contributed by atoms with Gasteiger partial charge in [0.1, 0.15) is 67.1 Å². The molecular weight excluding hydrogens is 494 g/mol. The third-order valence-electron chi connectivity index (χ3n) is 6.45. The Morgan fingerprint density at radius 1 is 0.722 bits per heavy atom. The minimum Gasteiger partial charge on any atom is -0.394 e. The monoisotopic (exact) mass is 529 g/mol. The van der Waals surface area contributed by atoms with Crippen molar-refractivity contribution in [2.45, 2.75) is 106 Å². The van der Waals surface area contributed by atoms with E-state index < -0.39 is 111 Å². The van der Waals surface area contributed by atoms with Gasteiger partial charge in [-0.1, -0.05) is 0 Å². The standard InChI is InChI=1S/C20H35NO15/c1-5-10(25)12(27)14(29)19(32-5)36-17-9(21-6(2)24)18(31)33-8(4-23)16(17)35-20-15(30)13(28)11(26)7(3-22)34-20/h5,7-20,22-23,25-31H,3-4H2,1-2H3,(H,21,24)/t5-,7-,8+,9-,10-,11+,12-,13+,14-,15+,16-,17+,18+,19-,20+/m0/s1. The molecule has 0 radical (unpaired) electrons. The van der Waals surface area contributed by atoms with Crippen LogP contribution in [0, 0.1) is 0 Å². The summed E-state index contributed by atoms with van der Waals surface area (Å²) in [5.41, 5.74) is 0. The molecule has 0 bridgehead atoms. The number of hydrogen-bond acceptors (Lipinski definition) is 15. The van der Waals surface area contributed by atoms with Crippen molar-refractivity contribution in [1.82, 2.24) is 5.32 Å². The number of hydrogen-bond donors (Lipinski definition) is 10. The number of carbonyl (C=O) groups excluding carboxylic acids is 1. The van der Waals surface area contributed by atoms with E-state index in [1.54, 1.807) is 0 Å². The molecule has 3 rings (SSSR count). The smallest absolute Gasteiger partial charge is 0.217 e. The van der Waals surface area contributed by atoms with Crippen LogP contribution in [0.5, 0.6) is 0 Å². The number of ether oxygens (including phenoxy) is 5. The van der Waals surface area contributed by atoms with Crippen molar-refractivity contribution < 1.29 is 74.4 Å². The molecule has 16 nitrogen and oxygen atoms in total. The van der Waals surface area contributed by atoms with Crippen LogP contribution in [0.3, 0.4) is 0 Å². The molecule has 3 aliphatic rings. The Kier molecular flexibility index (Phi) is 9.97. The van der Waals surface area contributed by atoms with Gasteiger partial charge < -0.3 is 75.0 Å². The highest BCUT2D eigenvalue weighted by atomic mass is 16.7. The molecule has 0 aromatic rings. The zero-order valence-corrected chi connectivity index (χ0v) is 19.5. The Hall–Kier alpha value is -1.09. The van der Waals surface area contributed by atoms with Gasteiger partial charge in [-0.2, -0.15) is 0 Å². The number of amides is 1. The highest BCUT2D eigenvalue weighted by Crippen LogP contribution is 2.32. The van der Waals surface area contributed by atoms with Crippen LogP contribution in [0.1, 0.15) is 13.8 Å². The second kappa shape index (κ2) is 12.2. The molecule has 3 fully saturated rings. The van der Waals surface area contributed by atoms with Crippen molar-refractivity contribution in [3.05, 3.63) is 0 Å². The van der Waals surface area contributed by atoms with Crippen LogP contribution >= 0.6 is 0 Å². The van der Waals surface area contributed by atoms with Gasteiger partial charge in [0.2, 0.25) is 5.91 Å². The maximum Gasteiger partial charge on any atom is 0.217 e. The molecule has 3 saturated heterocycles. The van der Waals surface area contributed by atoms with Crippen molar-refractivity contribution in [3.8, 4) is 0 Å². The molecule has 15 atom stereocenters. The zero-order chi connectivity index (χ0) is 26.9. The van der Waals surface area contributed by atoms with Gasteiger partial charge in [-0.25, -0.2) is 0 Å². The fraction of sp³-hybridized carbons (Fsp3) is 0.950. The summed E-state index contributed by atoms with van der Waals surface area (Å²) >= 11 is 0. The lowest BCUT2D eigenvalue weighted by Gasteiger charge is -2.49. The van der Waals surface area contributed by atoms with Gasteiger partial charge >= 0.3 is 0 Å². The topological polar surface area (TPSA) is 257 Å². The molecule has 3 aliphatic heterocycles. The largest absolute Gasteiger partial charge is 0.394 e. The van der Waals surface area contributed by atoms with Gasteiger partial charge in [-0.05, 0) is 6.92 Å². The van der Waals surface area contributed by atoms with Gasteiger partial charge in [-0.3, -0.25) is 4.79 Å². The van der Waals surface area contributed by atoms with Gasteiger partial charge in [0.25, 0.3) is 0 Å². The van der Waals surface area contributed by atoms with E-state index in [4.69, 9.17) is 23.7 Å². The number of carbonyl (C=O) groups is 1. The summed E-state index contributed by atoms with van der Waals surface area (Å²) in [6.07, 6.45) is -22.0. The second-order valence-corrected chi connectivity index (χ2v) is 9.05. The Balaban J connectivity index is 1.92. The van der Waals surface area contributed by atoms with E-state index in [-0.39, 0.29) is 0 Å². The third kappa shape index (κ3) is 5.97. The summed E-state index contributed by atoms with van der Waals surface area (Å²) in [6.45, 7) is 1.00. The highest BCUT2D eigenvalue weighted by Gasteiger charge is 2.54. The summed E-state index contributed by atoms with van der Waals surface area (Å²) < 4.78 is 27.7. The first-order valence-corrected chi connectivity index (χ1v) is 11.4. The van der Waals surface area contributed by atoms with Gasteiger partial charge in [0.05, 0.1) is 19.3 Å². The fourth-order valence-electron chi connectivity index (χ4n) is 4.40. The van der Waals surface area contributed by atoms with Crippen molar-refractivity contribution >= 4 is 5.91 Å². The Morgan fingerprint density at radius 2 is 1.25 bits per heavy atom. The average Bonchev–Trinajstić information content (AvgIpc) is 2.84. The molecule has 0 unspecified atom stereocenters. The van der Waals surface area contributed by atoms with Gasteiger partial charge in [0.15, 0.2) is 18.9 Å². The van der Waals surface area contributed by atoms with Crippen molar-refractivity contribution in [2.24, 2.45) is 0 Å². The summed E-state index contributed by atoms with van der Waals surface area (Å²) in [4.78, 5) is 11.8. The molecule has 0 aromatic carbocycles. The fourth-order valence-corrected chi connectivity index (χ4v) is 4.40. The maximum atomic E-state index is 11.8. The lowest BCUT2D eigenvalue weighted by molar-refractivity contribution is -0.370. The SMILES string of the molecule is CC(=O)N[C@H]1[C@@H](O[C@@H]2O[C@@H](C)[C@H](O)[C@H](O)[C@@H]2O)[C@@H](O[C@H]2O[C@@H](CO)[C@@H](O)[C@@H](O)[C@H]2O)[C@@H](CO)O[C@H]1O. The van der Waals surface area contributed by atoms with Crippen LogP contribution in [-0.2, 0) is 28.5 Å². The van der Waals surface area contributed by atoms with Crippen LogP contribution in [0.25, 0.3) is 0 Å². The van der Waals surface area contributed by atoms with Crippen LogP contribution in [-0.4, -0.2) is 157 Å². The molecule has 10 N–H and O–H groups in total. The number of aliphatic hydroxyl groups is 9. The van der Waals surface area contributed by atoms with E-state index >= 15 is 0 Å². The quantitative estimate of drug-likeness (QED) is 0.147. The predicted molar refractivity (Wildman–Crippen MR) is 111 cm³/mol. The van der Waals surface area contributed by atoms with Crippen molar-refractivity contribution in [3.63, 3.8) is 0 Å². The summed E-state index contributed by atoms with van der Waals surface area (Å²) in [7, 11) is 0. The first kappa shape index (κ1) is 29.5. The predicted octanol–water partition coefficient (Wildman–Crippen LogP) is -6.40. The molecule has 0 spiro atoms. The summed E-state index contributed by atoms with van der Waals surface area (Å²) in [5, 5.41) is 93.2. The molecule has 1 amide bonds. The van der Waals surface area contributed by atoms with Crippen LogP contribution in [0.4, 0.5) is 0 Å². The van der Waals surface area contributed by atoms with E-state index in [1.807, 2.05) is 0 Å². The van der Waals surface area contributed by atoms with E-state index in [1.165, 1.54) is 6.92 Å². The first-order chi connectivity index (χ1) is 16.9. The Bertz CT molecular complexity index is 729. The lowest BCUT2D eigenvalue weighted by atomic mass is 9.94. The lowest BCUT2D eigenvalue weighted by Crippen LogP contribution is -2.69. The Morgan fingerprint density at radius 3 is 1.81 bits per heavy atom. The highest BCUT2D eigenvalue weighted by molar-refractivity contribution is 5.73. The van der Waals surface area contributed by atoms with Crippen molar-refractivity contribution in [1.29, 1.82) is 0 Å². The van der Waals surface area contributed by atoms with E-state index in [0.29, 0.717) is 0 Å². The molecular formula is C20H35NO15. The number of aliphatic hydroxyl groups excluding tert-OH is 9. The summed E-state index contributed by atoms with van der Waals surface area (Å²) in [6, 6.07) is -1.41.